The number of rotatable bonds is 4. The van der Waals surface area contributed by atoms with Crippen LogP contribution < -0.4 is 4.74 Å². The first-order valence-electron chi connectivity index (χ1n) is 6.32. The molecule has 4 nitrogen and oxygen atoms in total. The molecular weight excluding hydrogens is 242 g/mol. The van der Waals surface area contributed by atoms with Crippen molar-refractivity contribution in [3.05, 3.63) is 29.5 Å². The van der Waals surface area contributed by atoms with Crippen LogP contribution in [0.5, 0.6) is 5.75 Å². The topological polar surface area (TPSA) is 42.7 Å². The lowest BCUT2D eigenvalue weighted by Gasteiger charge is -2.09. The third kappa shape index (κ3) is 2.96. The van der Waals surface area contributed by atoms with Crippen molar-refractivity contribution in [3.63, 3.8) is 0 Å². The number of fused-ring (bicyclic) bond motifs is 1. The number of carbonyl (C=O) groups is 1. The molecule has 0 N–H and O–H groups in total. The second-order valence-corrected chi connectivity index (χ2v) is 4.99. The lowest BCUT2D eigenvalue weighted by molar-refractivity contribution is -0.131. The number of ether oxygens (including phenoxy) is 1. The van der Waals surface area contributed by atoms with Crippen molar-refractivity contribution in [2.75, 3.05) is 20.6 Å². The molecule has 102 valence electrons. The number of hydrogen-bond donors (Lipinski definition) is 0. The Morgan fingerprint density at radius 2 is 2.11 bits per heavy atom. The van der Waals surface area contributed by atoms with Gasteiger partial charge >= 0.3 is 5.97 Å². The third-order valence-electron chi connectivity index (χ3n) is 3.04. The predicted octanol–water partition coefficient (Wildman–Crippen LogP) is 2.77. The second-order valence-electron chi connectivity index (χ2n) is 4.99. The highest BCUT2D eigenvalue weighted by Gasteiger charge is 2.15. The van der Waals surface area contributed by atoms with Crippen LogP contribution in [0.3, 0.4) is 0 Å². The maximum absolute atomic E-state index is 11.2. The van der Waals surface area contributed by atoms with Crippen LogP contribution in [0.25, 0.3) is 11.0 Å². The Balaban J connectivity index is 2.47. The first-order valence-corrected chi connectivity index (χ1v) is 6.32. The Hall–Kier alpha value is -1.81. The maximum Gasteiger partial charge on any atom is 0.308 e. The molecule has 0 radical (unpaired) electrons. The molecular formula is C15H19NO3. The maximum atomic E-state index is 11.2. The molecule has 0 aliphatic rings. The number of likely N-dealkylation sites (N-methyl/N-ethyl adjacent to an activating group) is 1. The van der Waals surface area contributed by atoms with Gasteiger partial charge in [0.15, 0.2) is 0 Å². The van der Waals surface area contributed by atoms with Gasteiger partial charge in [-0.1, -0.05) is 6.07 Å². The van der Waals surface area contributed by atoms with E-state index in [2.05, 4.69) is 4.90 Å². The number of esters is 1. The number of hydrogen-bond acceptors (Lipinski definition) is 4. The number of furan rings is 1. The smallest absolute Gasteiger partial charge is 0.308 e. The quantitative estimate of drug-likeness (QED) is 0.627. The molecule has 0 bridgehead atoms. The largest absolute Gasteiger partial charge is 0.464 e. The van der Waals surface area contributed by atoms with Gasteiger partial charge in [-0.15, -0.1) is 0 Å². The minimum Gasteiger partial charge on any atom is -0.464 e. The van der Waals surface area contributed by atoms with Gasteiger partial charge < -0.3 is 14.1 Å². The van der Waals surface area contributed by atoms with Gasteiger partial charge in [0.1, 0.15) is 11.3 Å². The van der Waals surface area contributed by atoms with Crippen LogP contribution in [0.1, 0.15) is 18.1 Å². The van der Waals surface area contributed by atoms with E-state index in [1.165, 1.54) is 6.92 Å². The summed E-state index contributed by atoms with van der Waals surface area (Å²) in [6.07, 6.45) is 2.62. The van der Waals surface area contributed by atoms with Crippen LogP contribution in [0.15, 0.2) is 22.8 Å². The van der Waals surface area contributed by atoms with Gasteiger partial charge in [0.2, 0.25) is 0 Å². The predicted molar refractivity (Wildman–Crippen MR) is 74.5 cm³/mol. The number of nitrogens with zero attached hydrogens (tertiary/aromatic N) is 1. The van der Waals surface area contributed by atoms with E-state index in [-0.39, 0.29) is 5.97 Å². The number of aryl methyl sites for hydroxylation is 1. The van der Waals surface area contributed by atoms with Crippen molar-refractivity contribution in [2.45, 2.75) is 20.3 Å². The van der Waals surface area contributed by atoms with E-state index in [9.17, 15) is 4.79 Å². The summed E-state index contributed by atoms with van der Waals surface area (Å²) in [4.78, 5) is 13.3. The van der Waals surface area contributed by atoms with Gasteiger partial charge in [0.05, 0.1) is 11.6 Å². The average molecular weight is 261 g/mol. The highest BCUT2D eigenvalue weighted by molar-refractivity contribution is 5.91. The average Bonchev–Trinajstić information content (AvgIpc) is 2.74. The van der Waals surface area contributed by atoms with Gasteiger partial charge in [0.25, 0.3) is 0 Å². The van der Waals surface area contributed by atoms with Crippen LogP contribution >= 0.6 is 0 Å². The summed E-state index contributed by atoms with van der Waals surface area (Å²) in [5.74, 6) is 0.264. The van der Waals surface area contributed by atoms with E-state index in [0.717, 1.165) is 35.1 Å². The molecule has 1 aromatic heterocycles. The number of benzene rings is 1. The molecule has 0 aliphatic carbocycles. The highest BCUT2D eigenvalue weighted by atomic mass is 16.5. The Kier molecular flexibility index (Phi) is 3.90. The van der Waals surface area contributed by atoms with Crippen LogP contribution in [-0.4, -0.2) is 31.5 Å². The lowest BCUT2D eigenvalue weighted by Crippen LogP contribution is -2.15. The molecule has 0 saturated carbocycles. The van der Waals surface area contributed by atoms with Crippen LogP contribution in [0, 0.1) is 6.92 Å². The summed E-state index contributed by atoms with van der Waals surface area (Å²) in [5.41, 5.74) is 2.91. The van der Waals surface area contributed by atoms with Crippen LogP contribution in [-0.2, 0) is 11.2 Å². The van der Waals surface area contributed by atoms with E-state index in [0.29, 0.717) is 5.75 Å². The molecule has 2 aromatic rings. The van der Waals surface area contributed by atoms with Gasteiger partial charge in [-0.25, -0.2) is 0 Å². The van der Waals surface area contributed by atoms with Crippen molar-refractivity contribution in [1.82, 2.24) is 4.90 Å². The zero-order valence-electron chi connectivity index (χ0n) is 11.8. The Morgan fingerprint density at radius 1 is 1.37 bits per heavy atom. The zero-order chi connectivity index (χ0) is 14.0. The Morgan fingerprint density at radius 3 is 2.74 bits per heavy atom. The molecule has 0 aliphatic heterocycles. The van der Waals surface area contributed by atoms with E-state index in [1.807, 2.05) is 33.2 Å². The Labute approximate surface area is 112 Å². The minimum atomic E-state index is -0.315. The molecule has 0 amide bonds. The first kappa shape index (κ1) is 13.6. The summed E-state index contributed by atoms with van der Waals surface area (Å²) >= 11 is 0. The first-order chi connectivity index (χ1) is 8.99. The normalized spacial score (nSPS) is 11.2. The third-order valence-corrected chi connectivity index (χ3v) is 3.04. The molecule has 0 fully saturated rings. The van der Waals surface area contributed by atoms with Crippen molar-refractivity contribution < 1.29 is 13.9 Å². The molecule has 1 heterocycles. The van der Waals surface area contributed by atoms with Crippen LogP contribution in [0.2, 0.25) is 0 Å². The van der Waals surface area contributed by atoms with Crippen molar-refractivity contribution in [2.24, 2.45) is 0 Å². The van der Waals surface area contributed by atoms with Crippen molar-refractivity contribution in [1.29, 1.82) is 0 Å². The summed E-state index contributed by atoms with van der Waals surface area (Å²) in [6, 6.07) is 3.73. The standard InChI is InChI=1S/C15H19NO3/c1-10-5-6-13(19-11(2)17)14-12(7-8-16(3)4)9-18-15(10)14/h5-6,9H,7-8H2,1-4H3. The molecule has 0 saturated heterocycles. The van der Waals surface area contributed by atoms with E-state index >= 15 is 0 Å². The molecule has 1 aromatic carbocycles. The van der Waals surface area contributed by atoms with Gasteiger partial charge in [-0.05, 0) is 39.1 Å². The molecule has 2 rings (SSSR count). The molecule has 19 heavy (non-hydrogen) atoms. The fourth-order valence-electron chi connectivity index (χ4n) is 2.08. The molecule has 0 unspecified atom stereocenters. The second kappa shape index (κ2) is 5.45. The summed E-state index contributed by atoms with van der Waals surface area (Å²) in [6.45, 7) is 4.31. The summed E-state index contributed by atoms with van der Waals surface area (Å²) in [5, 5.41) is 0.914. The SMILES string of the molecule is CC(=O)Oc1ccc(C)c2occ(CCN(C)C)c12. The highest BCUT2D eigenvalue weighted by Crippen LogP contribution is 2.33. The Bertz CT molecular complexity index is 599. The van der Waals surface area contributed by atoms with Gasteiger partial charge in [-0.2, -0.15) is 0 Å². The lowest BCUT2D eigenvalue weighted by atomic mass is 10.1. The fourth-order valence-corrected chi connectivity index (χ4v) is 2.08. The molecule has 0 atom stereocenters. The fraction of sp³-hybridized carbons (Fsp3) is 0.400. The molecule has 0 spiro atoms. The minimum absolute atomic E-state index is 0.315. The van der Waals surface area contributed by atoms with Gasteiger partial charge in [-0.3, -0.25) is 4.79 Å². The monoisotopic (exact) mass is 261 g/mol. The summed E-state index contributed by atoms with van der Waals surface area (Å²) in [7, 11) is 4.06. The number of carbonyl (C=O) groups excluding carboxylic acids is 1. The van der Waals surface area contributed by atoms with Crippen molar-refractivity contribution >= 4 is 16.9 Å². The van der Waals surface area contributed by atoms with Gasteiger partial charge in [0, 0.05) is 19.0 Å². The van der Waals surface area contributed by atoms with E-state index < -0.39 is 0 Å². The van der Waals surface area contributed by atoms with Crippen LogP contribution in [0.4, 0.5) is 0 Å². The van der Waals surface area contributed by atoms with E-state index in [4.69, 9.17) is 9.15 Å². The van der Waals surface area contributed by atoms with E-state index in [1.54, 1.807) is 6.26 Å². The molecule has 4 heteroatoms. The summed E-state index contributed by atoms with van der Waals surface area (Å²) < 4.78 is 10.9. The van der Waals surface area contributed by atoms with Crippen molar-refractivity contribution in [3.8, 4) is 5.75 Å². The zero-order valence-corrected chi connectivity index (χ0v) is 11.8.